The molecule has 0 aliphatic carbocycles. The molecule has 2 fully saturated rings. The fourth-order valence-corrected chi connectivity index (χ4v) is 7.56. The Morgan fingerprint density at radius 2 is 1.12 bits per heavy atom. The van der Waals surface area contributed by atoms with E-state index in [0.29, 0.717) is 26.4 Å². The Bertz CT molecular complexity index is 215. The van der Waals surface area contributed by atoms with E-state index in [0.717, 1.165) is 12.8 Å². The Kier molecular flexibility index (Phi) is 4.15. The summed E-state index contributed by atoms with van der Waals surface area (Å²) in [5.74, 6) is 0. The molecule has 0 amide bonds. The molecule has 0 aromatic rings. The molecule has 0 radical (unpaired) electrons. The van der Waals surface area contributed by atoms with E-state index < -0.39 is 21.3 Å². The Hall–Kier alpha value is 0.620. The molecule has 0 aromatic carbocycles. The van der Waals surface area contributed by atoms with Crippen LogP contribution in [0, 0.1) is 0 Å². The number of hydrogen-bond donors (Lipinski definition) is 2. The molecule has 2 aliphatic rings. The zero-order valence-corrected chi connectivity index (χ0v) is 11.3. The van der Waals surface area contributed by atoms with Crippen molar-refractivity contribution < 1.29 is 27.9 Å². The first kappa shape index (κ1) is 13.1. The van der Waals surface area contributed by atoms with Crippen molar-refractivity contribution in [3.8, 4) is 0 Å². The molecular weight excluding hydrogens is 254 g/mol. The van der Waals surface area contributed by atoms with Gasteiger partial charge in [0.15, 0.2) is 0 Å². The van der Waals surface area contributed by atoms with Crippen molar-refractivity contribution >= 4 is 15.9 Å². The Morgan fingerprint density at radius 1 is 0.812 bits per heavy atom. The molecule has 0 unspecified atom stereocenters. The van der Waals surface area contributed by atoms with Gasteiger partial charge in [0.1, 0.15) is 0 Å². The van der Waals surface area contributed by atoms with Crippen molar-refractivity contribution in [3.63, 3.8) is 0 Å². The van der Waals surface area contributed by atoms with Gasteiger partial charge in [-0.2, -0.15) is 0 Å². The van der Waals surface area contributed by atoms with Crippen LogP contribution >= 0.6 is 15.9 Å². The molecule has 6 nitrogen and oxygen atoms in total. The standard InChI is InChI=1S/C8H20O6P2/c1-8(15(9)11-4-2-5-12-15)16(10)13-6-3-7-14-16/h8-10,15-16H,2-7H2,1H3. The van der Waals surface area contributed by atoms with E-state index in [1.165, 1.54) is 0 Å². The summed E-state index contributed by atoms with van der Waals surface area (Å²) in [5, 5.41) is -0.569. The van der Waals surface area contributed by atoms with Crippen molar-refractivity contribution in [2.24, 2.45) is 0 Å². The van der Waals surface area contributed by atoms with Crippen LogP contribution in [0.4, 0.5) is 0 Å². The van der Waals surface area contributed by atoms with E-state index in [-0.39, 0.29) is 0 Å². The Balaban J connectivity index is 2.06. The van der Waals surface area contributed by atoms with Crippen LogP contribution in [0.3, 0.4) is 0 Å². The molecule has 98 valence electrons. The average Bonchev–Trinajstić information content (AvgIpc) is 2.30. The second-order valence-corrected chi connectivity index (χ2v) is 10.1. The van der Waals surface area contributed by atoms with Crippen LogP contribution in [0.2, 0.25) is 0 Å². The molecule has 0 aromatic heterocycles. The van der Waals surface area contributed by atoms with Crippen LogP contribution in [0.5, 0.6) is 0 Å². The molecule has 8 heteroatoms. The Morgan fingerprint density at radius 3 is 1.44 bits per heavy atom. The van der Waals surface area contributed by atoms with Crippen LogP contribution in [0.1, 0.15) is 19.8 Å². The normalized spacial score (nSPS) is 34.9. The zero-order chi connectivity index (χ0) is 11.6. The van der Waals surface area contributed by atoms with Crippen molar-refractivity contribution in [2.45, 2.75) is 25.2 Å². The quantitative estimate of drug-likeness (QED) is 0.736. The van der Waals surface area contributed by atoms with E-state index in [1.54, 1.807) is 6.92 Å². The second-order valence-electron chi connectivity index (χ2n) is 4.08. The van der Waals surface area contributed by atoms with E-state index in [1.807, 2.05) is 0 Å². The molecule has 2 heterocycles. The average molecular weight is 274 g/mol. The van der Waals surface area contributed by atoms with Gasteiger partial charge < -0.3 is 0 Å². The predicted octanol–water partition coefficient (Wildman–Crippen LogP) is 1.18. The van der Waals surface area contributed by atoms with Gasteiger partial charge in [-0.05, 0) is 0 Å². The molecule has 0 atom stereocenters. The zero-order valence-electron chi connectivity index (χ0n) is 9.35. The van der Waals surface area contributed by atoms with Crippen molar-refractivity contribution in [1.29, 1.82) is 0 Å². The predicted molar refractivity (Wildman–Crippen MR) is 63.6 cm³/mol. The minimum absolute atomic E-state index is 0.470. The molecule has 2 aliphatic heterocycles. The molecule has 0 bridgehead atoms. The van der Waals surface area contributed by atoms with Gasteiger partial charge in [0.05, 0.1) is 0 Å². The summed E-state index contributed by atoms with van der Waals surface area (Å²) >= 11 is 0. The molecule has 2 rings (SSSR count). The summed E-state index contributed by atoms with van der Waals surface area (Å²) in [7, 11) is -6.68. The topological polar surface area (TPSA) is 77.4 Å². The van der Waals surface area contributed by atoms with Crippen LogP contribution < -0.4 is 0 Å². The third-order valence-corrected chi connectivity index (χ3v) is 9.76. The SMILES string of the molecule is CC([PH]1(O)OCCCO1)[PH]1(O)OCCCO1. The maximum absolute atomic E-state index is 10.3. The third-order valence-electron chi connectivity index (χ3n) is 2.91. The van der Waals surface area contributed by atoms with Gasteiger partial charge in [-0.25, -0.2) is 0 Å². The fourth-order valence-electron chi connectivity index (χ4n) is 1.81. The first-order chi connectivity index (χ1) is 7.57. The van der Waals surface area contributed by atoms with Gasteiger partial charge in [-0.15, -0.1) is 0 Å². The number of rotatable bonds is 2. The molecule has 0 spiro atoms. The van der Waals surface area contributed by atoms with E-state index in [4.69, 9.17) is 18.1 Å². The monoisotopic (exact) mass is 274 g/mol. The van der Waals surface area contributed by atoms with Crippen LogP contribution in [-0.4, -0.2) is 41.6 Å². The Labute approximate surface area is 96.0 Å². The summed E-state index contributed by atoms with van der Waals surface area (Å²) in [5.41, 5.74) is 0. The van der Waals surface area contributed by atoms with Crippen molar-refractivity contribution in [3.05, 3.63) is 0 Å². The first-order valence-electron chi connectivity index (χ1n) is 5.57. The van der Waals surface area contributed by atoms with Crippen molar-refractivity contribution in [2.75, 3.05) is 26.4 Å². The molecule has 16 heavy (non-hydrogen) atoms. The molecule has 2 saturated heterocycles. The fraction of sp³-hybridized carbons (Fsp3) is 1.00. The number of hydrogen-bond acceptors (Lipinski definition) is 6. The summed E-state index contributed by atoms with van der Waals surface area (Å²) in [4.78, 5) is 20.5. The van der Waals surface area contributed by atoms with E-state index in [9.17, 15) is 9.79 Å². The van der Waals surface area contributed by atoms with Gasteiger partial charge in [-0.3, -0.25) is 0 Å². The summed E-state index contributed by atoms with van der Waals surface area (Å²) in [6, 6.07) is 0. The van der Waals surface area contributed by atoms with E-state index in [2.05, 4.69) is 0 Å². The summed E-state index contributed by atoms with van der Waals surface area (Å²) in [6.07, 6.45) is 1.54. The van der Waals surface area contributed by atoms with Gasteiger partial charge in [0.2, 0.25) is 0 Å². The van der Waals surface area contributed by atoms with Crippen LogP contribution in [-0.2, 0) is 18.1 Å². The van der Waals surface area contributed by atoms with Crippen molar-refractivity contribution in [1.82, 2.24) is 0 Å². The van der Waals surface area contributed by atoms with Gasteiger partial charge >= 0.3 is 95.4 Å². The van der Waals surface area contributed by atoms with Crippen LogP contribution in [0.15, 0.2) is 0 Å². The van der Waals surface area contributed by atoms with Gasteiger partial charge in [-0.1, -0.05) is 0 Å². The summed E-state index contributed by atoms with van der Waals surface area (Å²) in [6.45, 7) is 3.57. The molecular formula is C8H20O6P2. The maximum atomic E-state index is 10.3. The van der Waals surface area contributed by atoms with Gasteiger partial charge in [0, 0.05) is 0 Å². The van der Waals surface area contributed by atoms with E-state index >= 15 is 0 Å². The third kappa shape index (κ3) is 2.55. The minimum atomic E-state index is -3.34. The summed E-state index contributed by atoms with van der Waals surface area (Å²) < 4.78 is 21.3. The molecule has 0 saturated carbocycles. The van der Waals surface area contributed by atoms with Crippen LogP contribution in [0.25, 0.3) is 0 Å². The van der Waals surface area contributed by atoms with Gasteiger partial charge in [0.25, 0.3) is 0 Å². The second kappa shape index (κ2) is 5.09. The molecule has 2 N–H and O–H groups in total. The first-order valence-corrected chi connectivity index (χ1v) is 9.26.